The van der Waals surface area contributed by atoms with E-state index in [1.54, 1.807) is 0 Å². The molecule has 25 heavy (non-hydrogen) atoms. The maximum absolute atomic E-state index is 9.66. The molecule has 2 fully saturated rings. The number of piperidine rings is 2. The number of hydrogen-bond donors (Lipinski definition) is 1. The molecule has 2 aliphatic heterocycles. The first-order valence-corrected chi connectivity index (χ1v) is 10.2. The number of aliphatic hydroxyl groups is 1. The summed E-state index contributed by atoms with van der Waals surface area (Å²) in [4.78, 5) is 5.00. The van der Waals surface area contributed by atoms with Gasteiger partial charge >= 0.3 is 0 Å². The lowest BCUT2D eigenvalue weighted by molar-refractivity contribution is 0.0775. The van der Waals surface area contributed by atoms with Gasteiger partial charge in [0.2, 0.25) is 0 Å². The van der Waals surface area contributed by atoms with E-state index in [0.29, 0.717) is 5.92 Å². The molecule has 0 saturated carbocycles. The number of rotatable bonds is 7. The number of aromatic nitrogens is 3. The van der Waals surface area contributed by atoms with Crippen LogP contribution in [0.1, 0.15) is 69.4 Å². The molecule has 1 N–H and O–H groups in total. The van der Waals surface area contributed by atoms with Crippen LogP contribution in [0, 0.1) is 0 Å². The van der Waals surface area contributed by atoms with Gasteiger partial charge in [-0.05, 0) is 45.2 Å². The summed E-state index contributed by atoms with van der Waals surface area (Å²) < 4.78 is 2.23. The zero-order valence-electron chi connectivity index (χ0n) is 16.0. The molecule has 6 heteroatoms. The number of aliphatic hydroxyl groups excluding tert-OH is 1. The van der Waals surface area contributed by atoms with E-state index in [9.17, 15) is 5.11 Å². The highest BCUT2D eigenvalue weighted by molar-refractivity contribution is 5.04. The summed E-state index contributed by atoms with van der Waals surface area (Å²) in [5.74, 6) is 2.74. The van der Waals surface area contributed by atoms with Gasteiger partial charge in [-0.2, -0.15) is 0 Å². The van der Waals surface area contributed by atoms with Crippen molar-refractivity contribution in [3.8, 4) is 0 Å². The minimum Gasteiger partial charge on any atom is -0.393 e. The summed E-state index contributed by atoms with van der Waals surface area (Å²) in [6.45, 7) is 8.63. The van der Waals surface area contributed by atoms with Crippen molar-refractivity contribution in [3.63, 3.8) is 0 Å². The predicted molar refractivity (Wildman–Crippen MR) is 99.5 cm³/mol. The first-order chi connectivity index (χ1) is 12.2. The van der Waals surface area contributed by atoms with Crippen LogP contribution in [0.15, 0.2) is 0 Å². The van der Waals surface area contributed by atoms with Gasteiger partial charge in [-0.15, -0.1) is 10.2 Å². The molecule has 2 aliphatic rings. The fourth-order valence-corrected chi connectivity index (χ4v) is 4.20. The smallest absolute Gasteiger partial charge is 0.146 e. The van der Waals surface area contributed by atoms with Crippen molar-refractivity contribution < 1.29 is 5.11 Å². The van der Waals surface area contributed by atoms with Gasteiger partial charge in [-0.25, -0.2) is 0 Å². The summed E-state index contributed by atoms with van der Waals surface area (Å²) in [6, 6.07) is 0. The normalized spacial score (nSPS) is 24.0. The monoisotopic (exact) mass is 349 g/mol. The van der Waals surface area contributed by atoms with Gasteiger partial charge in [0.1, 0.15) is 11.6 Å². The third kappa shape index (κ3) is 5.02. The summed E-state index contributed by atoms with van der Waals surface area (Å²) in [7, 11) is 2.12. The molecule has 0 amide bonds. The molecule has 0 aromatic carbocycles. The topological polar surface area (TPSA) is 57.4 Å². The Morgan fingerprint density at radius 1 is 1.04 bits per heavy atom. The van der Waals surface area contributed by atoms with Crippen molar-refractivity contribution in [3.05, 3.63) is 11.6 Å². The van der Waals surface area contributed by atoms with E-state index in [1.807, 2.05) is 0 Å². The Bertz CT molecular complexity index is 524. The molecule has 3 heterocycles. The molecular formula is C19H35N5O. The molecular weight excluding hydrogens is 314 g/mol. The van der Waals surface area contributed by atoms with Gasteiger partial charge < -0.3 is 14.6 Å². The summed E-state index contributed by atoms with van der Waals surface area (Å²) in [5, 5.41) is 18.7. The van der Waals surface area contributed by atoms with Crippen LogP contribution in [0.25, 0.3) is 0 Å². The third-order valence-electron chi connectivity index (χ3n) is 5.87. The molecule has 1 aromatic rings. The highest BCUT2D eigenvalue weighted by Gasteiger charge is 2.26. The van der Waals surface area contributed by atoms with Gasteiger partial charge in [-0.3, -0.25) is 4.90 Å². The number of likely N-dealkylation sites (tertiary alicyclic amines) is 2. The van der Waals surface area contributed by atoms with Crippen molar-refractivity contribution in [2.24, 2.45) is 7.05 Å². The molecule has 1 aromatic heterocycles. The predicted octanol–water partition coefficient (Wildman–Crippen LogP) is 2.14. The van der Waals surface area contributed by atoms with E-state index in [-0.39, 0.29) is 6.10 Å². The summed E-state index contributed by atoms with van der Waals surface area (Å²) >= 11 is 0. The maximum atomic E-state index is 9.66. The summed E-state index contributed by atoms with van der Waals surface area (Å²) in [5.41, 5.74) is 0. The van der Waals surface area contributed by atoms with Crippen LogP contribution in [-0.4, -0.2) is 68.5 Å². The average molecular weight is 350 g/mol. The Balaban J connectivity index is 1.56. The molecule has 0 radical (unpaired) electrons. The number of nitrogens with zero attached hydrogens (tertiary/aromatic N) is 5. The summed E-state index contributed by atoms with van der Waals surface area (Å²) in [6.07, 6.45) is 8.06. The second-order valence-electron chi connectivity index (χ2n) is 7.89. The van der Waals surface area contributed by atoms with E-state index in [1.165, 1.54) is 45.2 Å². The van der Waals surface area contributed by atoms with Crippen molar-refractivity contribution in [2.45, 2.75) is 70.4 Å². The molecule has 0 unspecified atom stereocenters. The standard InChI is InChI=1S/C19H35N5O/c1-3-4-5-10-23-11-6-7-16(14-23)19-21-20-18(22(19)2)15-24-12-8-17(25)9-13-24/h16-17,25H,3-15H2,1-2H3/t16-/m0/s1. The molecule has 0 spiro atoms. The van der Waals surface area contributed by atoms with Crippen LogP contribution < -0.4 is 0 Å². The number of unbranched alkanes of at least 4 members (excludes halogenated alkanes) is 2. The molecule has 2 saturated heterocycles. The minimum absolute atomic E-state index is 0.118. The second kappa shape index (κ2) is 9.10. The maximum Gasteiger partial charge on any atom is 0.146 e. The highest BCUT2D eigenvalue weighted by atomic mass is 16.3. The van der Waals surface area contributed by atoms with Gasteiger partial charge in [0.15, 0.2) is 0 Å². The van der Waals surface area contributed by atoms with Crippen molar-refractivity contribution in [1.82, 2.24) is 24.6 Å². The average Bonchev–Trinajstić information content (AvgIpc) is 2.98. The Morgan fingerprint density at radius 3 is 2.60 bits per heavy atom. The zero-order chi connectivity index (χ0) is 17.6. The molecule has 6 nitrogen and oxygen atoms in total. The van der Waals surface area contributed by atoms with Crippen molar-refractivity contribution in [2.75, 3.05) is 32.7 Å². The van der Waals surface area contributed by atoms with Gasteiger partial charge in [0.05, 0.1) is 12.6 Å². The Morgan fingerprint density at radius 2 is 1.84 bits per heavy atom. The van der Waals surface area contributed by atoms with Crippen LogP contribution in [-0.2, 0) is 13.6 Å². The lowest BCUT2D eigenvalue weighted by atomic mass is 9.97. The number of hydrogen-bond acceptors (Lipinski definition) is 5. The van der Waals surface area contributed by atoms with E-state index in [0.717, 1.165) is 50.7 Å². The first-order valence-electron chi connectivity index (χ1n) is 10.2. The van der Waals surface area contributed by atoms with Crippen molar-refractivity contribution >= 4 is 0 Å². The van der Waals surface area contributed by atoms with Gasteiger partial charge in [-0.1, -0.05) is 19.8 Å². The lowest BCUT2D eigenvalue weighted by Crippen LogP contribution is -2.36. The largest absolute Gasteiger partial charge is 0.393 e. The minimum atomic E-state index is -0.118. The van der Waals surface area contributed by atoms with E-state index in [4.69, 9.17) is 0 Å². The fraction of sp³-hybridized carbons (Fsp3) is 0.895. The Kier molecular flexibility index (Phi) is 6.84. The lowest BCUT2D eigenvalue weighted by Gasteiger charge is -2.32. The van der Waals surface area contributed by atoms with Gasteiger partial charge in [0, 0.05) is 32.6 Å². The Hall–Kier alpha value is -0.980. The fourth-order valence-electron chi connectivity index (χ4n) is 4.20. The van der Waals surface area contributed by atoms with Crippen LogP contribution in [0.2, 0.25) is 0 Å². The quantitative estimate of drug-likeness (QED) is 0.765. The van der Waals surface area contributed by atoms with Crippen LogP contribution in [0.5, 0.6) is 0 Å². The molecule has 3 rings (SSSR count). The molecule has 0 aliphatic carbocycles. The zero-order valence-corrected chi connectivity index (χ0v) is 16.0. The molecule has 1 atom stereocenters. The first kappa shape index (κ1) is 18.8. The van der Waals surface area contributed by atoms with Gasteiger partial charge in [0.25, 0.3) is 0 Å². The van der Waals surface area contributed by atoms with Crippen LogP contribution in [0.4, 0.5) is 0 Å². The Labute approximate surface area is 152 Å². The SMILES string of the molecule is CCCCCN1CCC[C@H](c2nnc(CN3CCC(O)CC3)n2C)C1. The van der Waals surface area contributed by atoms with E-state index < -0.39 is 0 Å². The van der Waals surface area contributed by atoms with E-state index in [2.05, 4.69) is 38.5 Å². The second-order valence-corrected chi connectivity index (χ2v) is 7.89. The van der Waals surface area contributed by atoms with Crippen LogP contribution in [0.3, 0.4) is 0 Å². The van der Waals surface area contributed by atoms with Crippen molar-refractivity contribution in [1.29, 1.82) is 0 Å². The molecule has 142 valence electrons. The molecule has 0 bridgehead atoms. The van der Waals surface area contributed by atoms with E-state index >= 15 is 0 Å². The van der Waals surface area contributed by atoms with Crippen LogP contribution >= 0.6 is 0 Å². The third-order valence-corrected chi connectivity index (χ3v) is 5.87. The highest BCUT2D eigenvalue weighted by Crippen LogP contribution is 2.26.